The van der Waals surface area contributed by atoms with Crippen molar-refractivity contribution in [3.63, 3.8) is 0 Å². The van der Waals surface area contributed by atoms with E-state index in [1.165, 1.54) is 17.0 Å². The van der Waals surface area contributed by atoms with Gasteiger partial charge in [0.15, 0.2) is 0 Å². The first-order chi connectivity index (χ1) is 16.9. The number of halogens is 1. The second-order valence-electron chi connectivity index (χ2n) is 8.83. The van der Waals surface area contributed by atoms with E-state index in [-0.39, 0.29) is 11.3 Å². The van der Waals surface area contributed by atoms with Crippen molar-refractivity contribution in [2.75, 3.05) is 46.0 Å². The standard InChI is InChI=1S/C27H31FN2O5/c1-3-14-35-22-9-6-20(17-18(22)2)25(31)23-24(19-4-7-21(28)8-5-19)30(27(33)26(23)32)11-10-29-12-15-34-16-13-29/h4-9,17,24,31H,3,10-16H2,1-2H3/b25-23-. The number of rotatable bonds is 8. The number of carbonyl (C=O) groups is 2. The van der Waals surface area contributed by atoms with E-state index in [0.29, 0.717) is 49.8 Å². The van der Waals surface area contributed by atoms with Gasteiger partial charge in [0.25, 0.3) is 11.7 Å². The van der Waals surface area contributed by atoms with Gasteiger partial charge < -0.3 is 19.5 Å². The van der Waals surface area contributed by atoms with Crippen LogP contribution in [-0.2, 0) is 14.3 Å². The molecule has 35 heavy (non-hydrogen) atoms. The highest BCUT2D eigenvalue weighted by Crippen LogP contribution is 2.39. The van der Waals surface area contributed by atoms with Crippen LogP contribution in [0, 0.1) is 12.7 Å². The summed E-state index contributed by atoms with van der Waals surface area (Å²) in [6.45, 7) is 8.06. The van der Waals surface area contributed by atoms with Crippen LogP contribution in [0.2, 0.25) is 0 Å². The topological polar surface area (TPSA) is 79.3 Å². The van der Waals surface area contributed by atoms with E-state index in [2.05, 4.69) is 4.90 Å². The minimum Gasteiger partial charge on any atom is -0.507 e. The zero-order valence-electron chi connectivity index (χ0n) is 20.1. The van der Waals surface area contributed by atoms with E-state index in [1.54, 1.807) is 30.3 Å². The van der Waals surface area contributed by atoms with Crippen molar-refractivity contribution in [3.8, 4) is 5.75 Å². The molecule has 0 bridgehead atoms. The largest absolute Gasteiger partial charge is 0.507 e. The summed E-state index contributed by atoms with van der Waals surface area (Å²) in [6, 6.07) is 10.0. The summed E-state index contributed by atoms with van der Waals surface area (Å²) in [5.74, 6) is -1.39. The number of benzene rings is 2. The first-order valence-electron chi connectivity index (χ1n) is 12.0. The predicted molar refractivity (Wildman–Crippen MR) is 130 cm³/mol. The fourth-order valence-electron chi connectivity index (χ4n) is 4.50. The van der Waals surface area contributed by atoms with Gasteiger partial charge in [0.2, 0.25) is 0 Å². The van der Waals surface area contributed by atoms with Crippen molar-refractivity contribution in [2.45, 2.75) is 26.3 Å². The lowest BCUT2D eigenvalue weighted by atomic mass is 9.94. The normalized spacial score (nSPS) is 20.4. The van der Waals surface area contributed by atoms with E-state index >= 15 is 0 Å². The van der Waals surface area contributed by atoms with Crippen LogP contribution in [-0.4, -0.2) is 72.6 Å². The molecular weight excluding hydrogens is 451 g/mol. The van der Waals surface area contributed by atoms with E-state index in [9.17, 15) is 19.1 Å². The molecule has 2 aromatic carbocycles. The van der Waals surface area contributed by atoms with Crippen LogP contribution >= 0.6 is 0 Å². The van der Waals surface area contributed by atoms with Crippen LogP contribution in [0.3, 0.4) is 0 Å². The Morgan fingerprint density at radius 2 is 1.83 bits per heavy atom. The molecule has 186 valence electrons. The highest BCUT2D eigenvalue weighted by molar-refractivity contribution is 6.46. The average molecular weight is 483 g/mol. The third-order valence-corrected chi connectivity index (χ3v) is 6.40. The molecule has 2 heterocycles. The Kier molecular flexibility index (Phi) is 7.83. The van der Waals surface area contributed by atoms with Crippen molar-refractivity contribution in [2.24, 2.45) is 0 Å². The molecule has 0 saturated carbocycles. The van der Waals surface area contributed by atoms with E-state index in [1.807, 2.05) is 13.8 Å². The number of aliphatic hydroxyl groups is 1. The van der Waals surface area contributed by atoms with Gasteiger partial charge in [0.1, 0.15) is 17.3 Å². The van der Waals surface area contributed by atoms with Gasteiger partial charge in [-0.15, -0.1) is 0 Å². The number of hydrogen-bond acceptors (Lipinski definition) is 6. The smallest absolute Gasteiger partial charge is 0.295 e. The lowest BCUT2D eigenvalue weighted by Crippen LogP contribution is -2.42. The minimum atomic E-state index is -0.812. The number of aryl methyl sites for hydroxylation is 1. The number of aliphatic hydroxyl groups excluding tert-OH is 1. The zero-order chi connectivity index (χ0) is 24.9. The van der Waals surface area contributed by atoms with Gasteiger partial charge in [-0.25, -0.2) is 4.39 Å². The molecule has 1 N–H and O–H groups in total. The summed E-state index contributed by atoms with van der Waals surface area (Å²) in [5, 5.41) is 11.3. The summed E-state index contributed by atoms with van der Waals surface area (Å²) in [5.41, 5.74) is 1.80. The number of Topliss-reactive ketones (excluding diaryl/α,β-unsaturated/α-hetero) is 1. The van der Waals surface area contributed by atoms with Gasteiger partial charge in [0, 0.05) is 31.7 Å². The Balaban J connectivity index is 1.71. The van der Waals surface area contributed by atoms with Crippen LogP contribution in [0.25, 0.3) is 5.76 Å². The number of amides is 1. The molecule has 2 saturated heterocycles. The number of morpholine rings is 1. The molecule has 2 fully saturated rings. The number of carbonyl (C=O) groups excluding carboxylic acids is 2. The number of hydrogen-bond donors (Lipinski definition) is 1. The van der Waals surface area contributed by atoms with Crippen LogP contribution in [0.1, 0.15) is 36.1 Å². The number of ether oxygens (including phenoxy) is 2. The van der Waals surface area contributed by atoms with Crippen LogP contribution < -0.4 is 4.74 Å². The Morgan fingerprint density at radius 1 is 1.11 bits per heavy atom. The van der Waals surface area contributed by atoms with Gasteiger partial charge >= 0.3 is 0 Å². The molecule has 2 aliphatic heterocycles. The molecule has 8 heteroatoms. The lowest BCUT2D eigenvalue weighted by Gasteiger charge is -2.31. The molecule has 0 aromatic heterocycles. The van der Waals surface area contributed by atoms with Crippen LogP contribution in [0.4, 0.5) is 4.39 Å². The summed E-state index contributed by atoms with van der Waals surface area (Å²) in [7, 11) is 0. The maximum absolute atomic E-state index is 13.7. The Hall–Kier alpha value is -3.23. The molecular formula is C27H31FN2O5. The Bertz CT molecular complexity index is 1110. The SMILES string of the molecule is CCCOc1ccc(/C(O)=C2/C(=O)C(=O)N(CCN3CCOCC3)C2c2ccc(F)cc2)cc1C. The fourth-order valence-corrected chi connectivity index (χ4v) is 4.50. The van der Waals surface area contributed by atoms with Gasteiger partial charge in [-0.3, -0.25) is 14.5 Å². The van der Waals surface area contributed by atoms with E-state index in [4.69, 9.17) is 9.47 Å². The molecule has 1 unspecified atom stereocenters. The second-order valence-corrected chi connectivity index (χ2v) is 8.83. The molecule has 4 rings (SSSR count). The van der Waals surface area contributed by atoms with Gasteiger partial charge in [-0.1, -0.05) is 19.1 Å². The summed E-state index contributed by atoms with van der Waals surface area (Å²) >= 11 is 0. The van der Waals surface area contributed by atoms with Crippen molar-refractivity contribution in [1.29, 1.82) is 0 Å². The van der Waals surface area contributed by atoms with E-state index in [0.717, 1.165) is 25.1 Å². The highest BCUT2D eigenvalue weighted by atomic mass is 19.1. The third kappa shape index (κ3) is 5.39. The molecule has 0 spiro atoms. The highest BCUT2D eigenvalue weighted by Gasteiger charge is 2.46. The summed E-state index contributed by atoms with van der Waals surface area (Å²) in [6.07, 6.45) is 0.868. The molecule has 1 amide bonds. The molecule has 2 aromatic rings. The van der Waals surface area contributed by atoms with Gasteiger partial charge in [-0.2, -0.15) is 0 Å². The Morgan fingerprint density at radius 3 is 2.49 bits per heavy atom. The van der Waals surface area contributed by atoms with E-state index < -0.39 is 23.5 Å². The van der Waals surface area contributed by atoms with Crippen molar-refractivity contribution in [1.82, 2.24) is 9.80 Å². The number of ketones is 1. The molecule has 0 aliphatic carbocycles. The Labute approximate surface area is 204 Å². The lowest BCUT2D eigenvalue weighted by molar-refractivity contribution is -0.140. The quantitative estimate of drug-likeness (QED) is 0.351. The zero-order valence-corrected chi connectivity index (χ0v) is 20.1. The maximum Gasteiger partial charge on any atom is 0.295 e. The molecule has 1 atom stereocenters. The molecule has 0 radical (unpaired) electrons. The van der Waals surface area contributed by atoms with Gasteiger partial charge in [-0.05, 0) is 54.8 Å². The number of nitrogens with zero attached hydrogens (tertiary/aromatic N) is 2. The first-order valence-corrected chi connectivity index (χ1v) is 12.0. The minimum absolute atomic E-state index is 0.00483. The summed E-state index contributed by atoms with van der Waals surface area (Å²) < 4.78 is 24.8. The van der Waals surface area contributed by atoms with Crippen molar-refractivity contribution < 1.29 is 28.6 Å². The predicted octanol–water partition coefficient (Wildman–Crippen LogP) is 3.68. The van der Waals surface area contributed by atoms with Crippen molar-refractivity contribution >= 4 is 17.4 Å². The number of likely N-dealkylation sites (tertiary alicyclic amines) is 1. The monoisotopic (exact) mass is 482 g/mol. The summed E-state index contributed by atoms with van der Waals surface area (Å²) in [4.78, 5) is 29.9. The first kappa shape index (κ1) is 24.9. The van der Waals surface area contributed by atoms with Crippen LogP contribution in [0.5, 0.6) is 5.75 Å². The molecule has 2 aliphatic rings. The maximum atomic E-state index is 13.7. The van der Waals surface area contributed by atoms with Crippen LogP contribution in [0.15, 0.2) is 48.0 Å². The fraction of sp³-hybridized carbons (Fsp3) is 0.407. The average Bonchev–Trinajstić information content (AvgIpc) is 3.12. The van der Waals surface area contributed by atoms with Gasteiger partial charge in [0.05, 0.1) is 31.4 Å². The molecule has 7 nitrogen and oxygen atoms in total. The van der Waals surface area contributed by atoms with Crippen molar-refractivity contribution in [3.05, 3.63) is 70.5 Å². The third-order valence-electron chi connectivity index (χ3n) is 6.40. The second kappa shape index (κ2) is 11.0.